The molecule has 2 aliphatic heterocycles. The molecule has 14 heteroatoms. The molecule has 59 heavy (non-hydrogen) atoms. The average molecular weight is 846 g/mol. The highest BCUT2D eigenvalue weighted by Gasteiger charge is 2.40. The summed E-state index contributed by atoms with van der Waals surface area (Å²) < 4.78 is 23.9. The van der Waals surface area contributed by atoms with Crippen molar-refractivity contribution in [3.8, 4) is 34.4 Å². The number of piperidine rings is 2. The van der Waals surface area contributed by atoms with Crippen molar-refractivity contribution in [3.63, 3.8) is 0 Å². The number of hydrogen-bond donors (Lipinski definition) is 2. The fourth-order valence-electron chi connectivity index (χ4n) is 7.62. The molecule has 3 aromatic carbocycles. The lowest BCUT2D eigenvalue weighted by Crippen LogP contribution is -2.50. The number of aliphatic hydroxyl groups is 1. The average Bonchev–Trinajstić information content (AvgIpc) is 3.23. The zero-order chi connectivity index (χ0) is 41.9. The van der Waals surface area contributed by atoms with Gasteiger partial charge in [-0.1, -0.05) is 60.0 Å². The first-order valence-electron chi connectivity index (χ1n) is 20.0. The van der Waals surface area contributed by atoms with E-state index in [1.54, 1.807) is 31.3 Å². The molecule has 2 fully saturated rings. The van der Waals surface area contributed by atoms with Crippen molar-refractivity contribution in [2.24, 2.45) is 0 Å². The lowest BCUT2D eigenvalue weighted by molar-refractivity contribution is -0.170. The van der Waals surface area contributed by atoms with Crippen LogP contribution in [0, 0.1) is 18.3 Å². The van der Waals surface area contributed by atoms with Gasteiger partial charge < -0.3 is 34.1 Å². The first kappa shape index (κ1) is 43.7. The van der Waals surface area contributed by atoms with Crippen LogP contribution in [0.4, 0.5) is 0 Å². The molecule has 0 bridgehead atoms. The van der Waals surface area contributed by atoms with Crippen molar-refractivity contribution in [2.45, 2.75) is 83.8 Å². The number of carbonyl (C=O) groups excluding carboxylic acids is 1. The number of rotatable bonds is 17. The number of benzene rings is 3. The van der Waals surface area contributed by atoms with Gasteiger partial charge in [-0.3, -0.25) is 14.7 Å². The van der Waals surface area contributed by atoms with Crippen LogP contribution in [0.15, 0.2) is 67.0 Å². The van der Waals surface area contributed by atoms with Crippen LogP contribution in [-0.4, -0.2) is 88.0 Å². The molecular weight excluding hydrogens is 795 g/mol. The van der Waals surface area contributed by atoms with E-state index >= 15 is 0 Å². The SMILES string of the molecule is CCOC(=O)C1(O)CCN(CCCOc2cccc(-c3cccc(COc4cc(OCc5cncc(C#N)c5)c(CN5CCCC[C@H]5C(=O)O)cc4Cl)c3C)c2Cl)CC1. The third kappa shape index (κ3) is 11.0. The molecule has 2 saturated heterocycles. The minimum Gasteiger partial charge on any atom is -0.492 e. The van der Waals surface area contributed by atoms with Gasteiger partial charge in [0.1, 0.15) is 42.6 Å². The Labute approximate surface area is 355 Å². The van der Waals surface area contributed by atoms with Crippen LogP contribution in [0.5, 0.6) is 17.2 Å². The Kier molecular flexibility index (Phi) is 15.1. The standard InChI is InChI=1S/C45H50Cl2N4O8/c1-3-56-44(54)45(55)14-18-50(19-15-45)16-8-20-57-39-13-7-11-36(42(39)47)35-10-6-9-33(30(35)2)29-59-41-23-40(58-28-32-21-31(24-48)25-49-26-32)34(22-37(41)46)27-51-17-5-4-12-38(51)43(52)53/h6-7,9-11,13,21-23,25-26,38,55H,3-5,8,12,14-20,27-29H2,1-2H3,(H,52,53)/t38-/m0/s1. The highest BCUT2D eigenvalue weighted by molar-refractivity contribution is 6.35. The monoisotopic (exact) mass is 844 g/mol. The Bertz CT molecular complexity index is 2150. The highest BCUT2D eigenvalue weighted by atomic mass is 35.5. The van der Waals surface area contributed by atoms with Crippen molar-refractivity contribution < 1.29 is 38.7 Å². The van der Waals surface area contributed by atoms with E-state index in [-0.39, 0.29) is 19.8 Å². The third-order valence-electron chi connectivity index (χ3n) is 11.0. The van der Waals surface area contributed by atoms with Crippen LogP contribution >= 0.6 is 23.2 Å². The zero-order valence-corrected chi connectivity index (χ0v) is 34.9. The second-order valence-corrected chi connectivity index (χ2v) is 15.8. The van der Waals surface area contributed by atoms with Crippen molar-refractivity contribution in [2.75, 3.05) is 39.4 Å². The van der Waals surface area contributed by atoms with E-state index in [4.69, 9.17) is 42.1 Å². The largest absolute Gasteiger partial charge is 0.492 e. The summed E-state index contributed by atoms with van der Waals surface area (Å²) in [6.07, 6.45) is 6.87. The lowest BCUT2D eigenvalue weighted by atomic mass is 9.91. The zero-order valence-electron chi connectivity index (χ0n) is 33.4. The molecule has 1 atom stereocenters. The normalized spacial score (nSPS) is 16.8. The number of nitriles is 1. The van der Waals surface area contributed by atoms with E-state index in [9.17, 15) is 25.1 Å². The maximum Gasteiger partial charge on any atom is 0.338 e. The van der Waals surface area contributed by atoms with Gasteiger partial charge in [0.15, 0.2) is 5.60 Å². The summed E-state index contributed by atoms with van der Waals surface area (Å²) in [6.45, 7) is 7.69. The highest BCUT2D eigenvalue weighted by Crippen LogP contribution is 2.39. The smallest absolute Gasteiger partial charge is 0.338 e. The molecule has 0 spiro atoms. The van der Waals surface area contributed by atoms with E-state index in [1.807, 2.05) is 48.2 Å². The number of halogens is 2. The summed E-state index contributed by atoms with van der Waals surface area (Å²) in [6, 6.07) is 18.4. The van der Waals surface area contributed by atoms with Gasteiger partial charge in [-0.15, -0.1) is 0 Å². The molecule has 0 aliphatic carbocycles. The number of likely N-dealkylation sites (tertiary alicyclic amines) is 2. The Morgan fingerprint density at radius 2 is 1.69 bits per heavy atom. The molecule has 12 nitrogen and oxygen atoms in total. The van der Waals surface area contributed by atoms with Gasteiger partial charge in [0.25, 0.3) is 0 Å². The van der Waals surface area contributed by atoms with Gasteiger partial charge in [0.05, 0.1) is 28.8 Å². The summed E-state index contributed by atoms with van der Waals surface area (Å²) in [5, 5.41) is 30.8. The van der Waals surface area contributed by atoms with Crippen molar-refractivity contribution in [3.05, 3.63) is 105 Å². The molecule has 2 N–H and O–H groups in total. The van der Waals surface area contributed by atoms with E-state index < -0.39 is 23.6 Å². The molecule has 0 saturated carbocycles. The van der Waals surface area contributed by atoms with E-state index in [0.29, 0.717) is 90.5 Å². The minimum absolute atomic E-state index is 0.131. The number of hydrogen-bond acceptors (Lipinski definition) is 11. The predicted octanol–water partition coefficient (Wildman–Crippen LogP) is 7.99. The van der Waals surface area contributed by atoms with E-state index in [2.05, 4.69) is 16.0 Å². The molecule has 0 unspecified atom stereocenters. The molecule has 6 rings (SSSR count). The van der Waals surface area contributed by atoms with Gasteiger partial charge in [-0.25, -0.2) is 4.79 Å². The van der Waals surface area contributed by atoms with E-state index in [0.717, 1.165) is 53.6 Å². The Balaban J connectivity index is 1.12. The summed E-state index contributed by atoms with van der Waals surface area (Å²) in [7, 11) is 0. The number of pyridine rings is 1. The third-order valence-corrected chi connectivity index (χ3v) is 11.7. The van der Waals surface area contributed by atoms with Crippen LogP contribution in [0.1, 0.15) is 73.3 Å². The number of nitrogens with zero attached hydrogens (tertiary/aromatic N) is 4. The molecule has 0 amide bonds. The number of esters is 1. The van der Waals surface area contributed by atoms with Crippen LogP contribution in [-0.2, 0) is 34.1 Å². The topological polar surface area (TPSA) is 155 Å². The maximum absolute atomic E-state index is 12.2. The summed E-state index contributed by atoms with van der Waals surface area (Å²) in [5.74, 6) is 0.0793. The maximum atomic E-state index is 12.2. The number of aliphatic carboxylic acids is 1. The quantitative estimate of drug-likeness (QED) is 0.0782. The van der Waals surface area contributed by atoms with Crippen molar-refractivity contribution >= 4 is 35.1 Å². The predicted molar refractivity (Wildman–Crippen MR) is 224 cm³/mol. The lowest BCUT2D eigenvalue weighted by Gasteiger charge is -2.36. The molecule has 2 aliphatic rings. The molecule has 0 radical (unpaired) electrons. The summed E-state index contributed by atoms with van der Waals surface area (Å²) in [5.41, 5.74) is 4.08. The van der Waals surface area contributed by atoms with E-state index in [1.165, 1.54) is 6.20 Å². The minimum atomic E-state index is -1.41. The second-order valence-electron chi connectivity index (χ2n) is 15.0. The number of aromatic nitrogens is 1. The van der Waals surface area contributed by atoms with Gasteiger partial charge in [0.2, 0.25) is 0 Å². The fourth-order valence-corrected chi connectivity index (χ4v) is 8.14. The first-order chi connectivity index (χ1) is 28.5. The van der Waals surface area contributed by atoms with Gasteiger partial charge >= 0.3 is 11.9 Å². The first-order valence-corrected chi connectivity index (χ1v) is 20.8. The van der Waals surface area contributed by atoms with Crippen LogP contribution < -0.4 is 14.2 Å². The molecule has 1 aromatic heterocycles. The number of carbonyl (C=O) groups is 2. The van der Waals surface area contributed by atoms with Crippen LogP contribution in [0.2, 0.25) is 10.0 Å². The number of carboxylic acid groups (broad SMARTS) is 1. The molecule has 4 aromatic rings. The number of ether oxygens (including phenoxy) is 4. The van der Waals surface area contributed by atoms with Crippen LogP contribution in [0.3, 0.4) is 0 Å². The number of carboxylic acids is 1. The van der Waals surface area contributed by atoms with Gasteiger partial charge in [-0.05, 0) is 87.4 Å². The molecular formula is C45H50Cl2N4O8. The summed E-state index contributed by atoms with van der Waals surface area (Å²) >= 11 is 13.8. The molecule has 3 heterocycles. The van der Waals surface area contributed by atoms with Gasteiger partial charge in [0, 0.05) is 61.3 Å². The van der Waals surface area contributed by atoms with Gasteiger partial charge in [-0.2, -0.15) is 5.26 Å². The van der Waals surface area contributed by atoms with Crippen molar-refractivity contribution in [1.29, 1.82) is 5.26 Å². The van der Waals surface area contributed by atoms with Crippen molar-refractivity contribution in [1.82, 2.24) is 14.8 Å². The molecule has 312 valence electrons. The Morgan fingerprint density at radius 3 is 2.46 bits per heavy atom. The Morgan fingerprint density at radius 1 is 0.932 bits per heavy atom. The fraction of sp³-hybridized carbons (Fsp3) is 0.422. The Hall–Kier alpha value is -4.90. The second kappa shape index (κ2) is 20.4. The summed E-state index contributed by atoms with van der Waals surface area (Å²) in [4.78, 5) is 32.5. The van der Waals surface area contributed by atoms with Crippen LogP contribution in [0.25, 0.3) is 11.1 Å².